The molecule has 0 radical (unpaired) electrons. The lowest BCUT2D eigenvalue weighted by atomic mass is 10.2. The Morgan fingerprint density at radius 1 is 1.29 bits per heavy atom. The maximum atomic E-state index is 11.7. The lowest BCUT2D eigenvalue weighted by Crippen LogP contribution is -2.45. The Balaban J connectivity index is 1.75. The van der Waals surface area contributed by atoms with Crippen molar-refractivity contribution in [2.24, 2.45) is 0 Å². The normalized spacial score (nSPS) is 14.8. The standard InChI is InChI=1S/C15H20BrN3O2/c1-10-8-11(16)6-7-13(10)17-9-14(20)19-15(21)18-12-4-2-3-5-12/h6-8,12,17H,2-5,9H2,1H3,(H2,18,19,20,21). The van der Waals surface area contributed by atoms with Crippen LogP contribution in [-0.4, -0.2) is 24.5 Å². The molecule has 0 atom stereocenters. The molecular formula is C15H20BrN3O2. The minimum Gasteiger partial charge on any atom is -0.376 e. The molecular weight excluding hydrogens is 334 g/mol. The molecule has 3 N–H and O–H groups in total. The Hall–Kier alpha value is -1.56. The van der Waals surface area contributed by atoms with Crippen molar-refractivity contribution in [2.45, 2.75) is 38.6 Å². The number of urea groups is 1. The summed E-state index contributed by atoms with van der Waals surface area (Å²) >= 11 is 3.39. The Kier molecular flexibility index (Phi) is 5.61. The number of rotatable bonds is 4. The van der Waals surface area contributed by atoms with E-state index in [1.807, 2.05) is 25.1 Å². The summed E-state index contributed by atoms with van der Waals surface area (Å²) in [6, 6.07) is 5.57. The number of aryl methyl sites for hydroxylation is 1. The minimum absolute atomic E-state index is 0.0700. The van der Waals surface area contributed by atoms with E-state index in [-0.39, 0.29) is 18.5 Å². The first-order valence-electron chi connectivity index (χ1n) is 7.15. The van der Waals surface area contributed by atoms with E-state index >= 15 is 0 Å². The van der Waals surface area contributed by atoms with Crippen molar-refractivity contribution in [3.63, 3.8) is 0 Å². The van der Waals surface area contributed by atoms with Gasteiger partial charge in [0.1, 0.15) is 0 Å². The summed E-state index contributed by atoms with van der Waals surface area (Å²) in [5.74, 6) is -0.340. The van der Waals surface area contributed by atoms with Gasteiger partial charge in [-0.05, 0) is 43.5 Å². The number of anilines is 1. The second kappa shape index (κ2) is 7.45. The van der Waals surface area contributed by atoms with Crippen molar-refractivity contribution in [3.05, 3.63) is 28.2 Å². The van der Waals surface area contributed by atoms with Crippen molar-refractivity contribution in [1.29, 1.82) is 0 Å². The average Bonchev–Trinajstić information content (AvgIpc) is 2.90. The van der Waals surface area contributed by atoms with E-state index in [2.05, 4.69) is 31.9 Å². The maximum absolute atomic E-state index is 11.7. The quantitative estimate of drug-likeness (QED) is 0.779. The third-order valence-electron chi connectivity index (χ3n) is 3.57. The molecule has 5 nitrogen and oxygen atoms in total. The van der Waals surface area contributed by atoms with Crippen molar-refractivity contribution in [3.8, 4) is 0 Å². The van der Waals surface area contributed by atoms with Gasteiger partial charge in [-0.15, -0.1) is 0 Å². The third kappa shape index (κ3) is 5.04. The van der Waals surface area contributed by atoms with Crippen LogP contribution in [0.15, 0.2) is 22.7 Å². The number of carbonyl (C=O) groups excluding carboxylic acids is 2. The van der Waals surface area contributed by atoms with Gasteiger partial charge in [0.05, 0.1) is 6.54 Å². The van der Waals surface area contributed by atoms with Crippen LogP contribution >= 0.6 is 15.9 Å². The van der Waals surface area contributed by atoms with Gasteiger partial charge in [0.15, 0.2) is 0 Å². The van der Waals surface area contributed by atoms with Crippen LogP contribution in [0.2, 0.25) is 0 Å². The molecule has 0 saturated heterocycles. The van der Waals surface area contributed by atoms with E-state index in [1.54, 1.807) is 0 Å². The second-order valence-corrected chi connectivity index (χ2v) is 6.23. The highest BCUT2D eigenvalue weighted by molar-refractivity contribution is 9.10. The third-order valence-corrected chi connectivity index (χ3v) is 4.06. The topological polar surface area (TPSA) is 70.2 Å². The lowest BCUT2D eigenvalue weighted by Gasteiger charge is -2.13. The highest BCUT2D eigenvalue weighted by atomic mass is 79.9. The number of benzene rings is 1. The van der Waals surface area contributed by atoms with Gasteiger partial charge in [0.2, 0.25) is 5.91 Å². The number of hydrogen-bond donors (Lipinski definition) is 3. The monoisotopic (exact) mass is 353 g/mol. The Labute approximate surface area is 133 Å². The molecule has 1 aliphatic carbocycles. The fourth-order valence-electron chi connectivity index (χ4n) is 2.46. The number of nitrogens with one attached hydrogen (secondary N) is 3. The summed E-state index contributed by atoms with van der Waals surface area (Å²) in [5.41, 5.74) is 1.91. The molecule has 0 aromatic heterocycles. The van der Waals surface area contributed by atoms with E-state index in [0.717, 1.165) is 41.4 Å². The van der Waals surface area contributed by atoms with Crippen molar-refractivity contribution < 1.29 is 9.59 Å². The number of imide groups is 1. The van der Waals surface area contributed by atoms with Crippen LogP contribution in [0, 0.1) is 6.92 Å². The number of halogens is 1. The molecule has 1 fully saturated rings. The molecule has 1 saturated carbocycles. The van der Waals surface area contributed by atoms with Crippen LogP contribution in [0.3, 0.4) is 0 Å². The Morgan fingerprint density at radius 3 is 2.67 bits per heavy atom. The molecule has 21 heavy (non-hydrogen) atoms. The number of hydrogen-bond acceptors (Lipinski definition) is 3. The fraction of sp³-hybridized carbons (Fsp3) is 0.467. The zero-order chi connectivity index (χ0) is 15.2. The molecule has 1 aliphatic rings. The predicted molar refractivity (Wildman–Crippen MR) is 86.3 cm³/mol. The van der Waals surface area contributed by atoms with Gasteiger partial charge in [-0.1, -0.05) is 28.8 Å². The summed E-state index contributed by atoms with van der Waals surface area (Å²) in [5, 5.41) is 8.20. The molecule has 0 heterocycles. The van der Waals surface area contributed by atoms with Crippen molar-refractivity contribution >= 4 is 33.6 Å². The molecule has 6 heteroatoms. The van der Waals surface area contributed by atoms with Gasteiger partial charge >= 0.3 is 6.03 Å². The highest BCUT2D eigenvalue weighted by Gasteiger charge is 2.18. The van der Waals surface area contributed by atoms with Crippen LogP contribution in [0.4, 0.5) is 10.5 Å². The summed E-state index contributed by atoms with van der Waals surface area (Å²) in [6.07, 6.45) is 4.28. The maximum Gasteiger partial charge on any atom is 0.321 e. The summed E-state index contributed by atoms with van der Waals surface area (Å²) in [7, 11) is 0. The van der Waals surface area contributed by atoms with Gasteiger partial charge in [0, 0.05) is 16.2 Å². The van der Waals surface area contributed by atoms with Crippen molar-refractivity contribution in [1.82, 2.24) is 10.6 Å². The molecule has 0 aliphatic heterocycles. The smallest absolute Gasteiger partial charge is 0.321 e. The van der Waals surface area contributed by atoms with Gasteiger partial charge in [-0.2, -0.15) is 0 Å². The number of carbonyl (C=O) groups is 2. The first-order chi connectivity index (χ1) is 10.0. The first-order valence-corrected chi connectivity index (χ1v) is 7.94. The van der Waals surface area contributed by atoms with Crippen LogP contribution in [0.5, 0.6) is 0 Å². The zero-order valence-corrected chi connectivity index (χ0v) is 13.6. The lowest BCUT2D eigenvalue weighted by molar-refractivity contribution is -0.118. The number of amides is 3. The molecule has 0 bridgehead atoms. The van der Waals surface area contributed by atoms with Gasteiger partial charge < -0.3 is 10.6 Å². The Bertz CT molecular complexity index is 528. The summed E-state index contributed by atoms with van der Waals surface area (Å²) in [6.45, 7) is 2.03. The van der Waals surface area contributed by atoms with E-state index in [0.29, 0.717) is 0 Å². The van der Waals surface area contributed by atoms with Crippen LogP contribution in [0.1, 0.15) is 31.2 Å². The van der Waals surface area contributed by atoms with E-state index < -0.39 is 6.03 Å². The molecule has 0 spiro atoms. The van der Waals surface area contributed by atoms with Gasteiger partial charge in [0.25, 0.3) is 0 Å². The Morgan fingerprint density at radius 2 is 2.00 bits per heavy atom. The molecule has 2 rings (SSSR count). The van der Waals surface area contributed by atoms with Crippen LogP contribution in [0.25, 0.3) is 0 Å². The minimum atomic E-state index is -0.402. The molecule has 3 amide bonds. The fourth-order valence-corrected chi connectivity index (χ4v) is 2.94. The summed E-state index contributed by atoms with van der Waals surface area (Å²) < 4.78 is 0.992. The van der Waals surface area contributed by atoms with Crippen molar-refractivity contribution in [2.75, 3.05) is 11.9 Å². The van der Waals surface area contributed by atoms with E-state index in [1.165, 1.54) is 0 Å². The molecule has 114 valence electrons. The van der Waals surface area contributed by atoms with Gasteiger partial charge in [-0.25, -0.2) is 4.79 Å². The molecule has 0 unspecified atom stereocenters. The summed E-state index contributed by atoms with van der Waals surface area (Å²) in [4.78, 5) is 23.4. The molecule has 1 aromatic rings. The largest absolute Gasteiger partial charge is 0.376 e. The van der Waals surface area contributed by atoms with Crippen LogP contribution in [-0.2, 0) is 4.79 Å². The van der Waals surface area contributed by atoms with Gasteiger partial charge in [-0.3, -0.25) is 10.1 Å². The average molecular weight is 354 g/mol. The van der Waals surface area contributed by atoms with E-state index in [9.17, 15) is 9.59 Å². The SMILES string of the molecule is Cc1cc(Br)ccc1NCC(=O)NC(=O)NC1CCCC1. The second-order valence-electron chi connectivity index (χ2n) is 5.32. The van der Waals surface area contributed by atoms with Crippen LogP contribution < -0.4 is 16.0 Å². The zero-order valence-electron chi connectivity index (χ0n) is 12.0. The van der Waals surface area contributed by atoms with E-state index in [4.69, 9.17) is 0 Å². The highest BCUT2D eigenvalue weighted by Crippen LogP contribution is 2.19. The predicted octanol–water partition coefficient (Wildman–Crippen LogP) is 2.94. The first kappa shape index (κ1) is 15.8. The molecule has 1 aromatic carbocycles.